The zero-order chi connectivity index (χ0) is 20.8. The highest BCUT2D eigenvalue weighted by Gasteiger charge is 2.33. The van der Waals surface area contributed by atoms with Crippen molar-refractivity contribution in [1.82, 2.24) is 4.98 Å². The summed E-state index contributed by atoms with van der Waals surface area (Å²) in [5, 5.41) is 4.68. The fourth-order valence-corrected chi connectivity index (χ4v) is 3.56. The Balaban J connectivity index is 0.000000181. The smallest absolute Gasteiger partial charge is 0.0701 e. The van der Waals surface area contributed by atoms with Gasteiger partial charge in [-0.05, 0) is 42.0 Å². The van der Waals surface area contributed by atoms with Crippen LogP contribution >= 0.6 is 0 Å². The number of aliphatic imine (C=N–C) groups is 1. The van der Waals surface area contributed by atoms with Gasteiger partial charge < -0.3 is 5.32 Å². The van der Waals surface area contributed by atoms with Gasteiger partial charge in [0.15, 0.2) is 0 Å². The van der Waals surface area contributed by atoms with Crippen molar-refractivity contribution in [3.05, 3.63) is 115 Å². The molecule has 0 fully saturated rings. The quantitative estimate of drug-likeness (QED) is 0.377. The van der Waals surface area contributed by atoms with Crippen LogP contribution in [0.15, 0.2) is 114 Å². The molecular formula is C27H25N3. The number of hydrogen-bond acceptors (Lipinski definition) is 3. The van der Waals surface area contributed by atoms with Crippen LogP contribution in [-0.2, 0) is 5.41 Å². The van der Waals surface area contributed by atoms with Crippen molar-refractivity contribution in [2.75, 3.05) is 5.32 Å². The number of para-hydroxylation sites is 3. The normalized spacial score (nSPS) is 15.5. The van der Waals surface area contributed by atoms with E-state index in [2.05, 4.69) is 71.6 Å². The first kappa shape index (κ1) is 19.6. The van der Waals surface area contributed by atoms with Crippen LogP contribution in [0.25, 0.3) is 10.9 Å². The van der Waals surface area contributed by atoms with Gasteiger partial charge in [-0.15, -0.1) is 0 Å². The molecule has 0 unspecified atom stereocenters. The first-order valence-corrected chi connectivity index (χ1v) is 10.1. The summed E-state index contributed by atoms with van der Waals surface area (Å²) in [7, 11) is 0. The van der Waals surface area contributed by atoms with Crippen LogP contribution in [0.2, 0.25) is 0 Å². The number of benzene rings is 3. The minimum absolute atomic E-state index is 0.000693. The molecule has 3 heteroatoms. The molecule has 0 aliphatic carbocycles. The number of fused-ring (bicyclic) bond motifs is 2. The Bertz CT molecular complexity index is 1130. The Labute approximate surface area is 177 Å². The minimum atomic E-state index is -0.000693. The fraction of sp³-hybridized carbons (Fsp3) is 0.111. The molecule has 0 bridgehead atoms. The van der Waals surface area contributed by atoms with E-state index in [9.17, 15) is 0 Å². The molecule has 1 aliphatic heterocycles. The maximum Gasteiger partial charge on any atom is 0.0701 e. The molecule has 0 radical (unpaired) electrons. The fourth-order valence-electron chi connectivity index (χ4n) is 3.56. The second kappa shape index (κ2) is 8.75. The molecule has 3 aromatic carbocycles. The number of nitrogens with one attached hydrogen (secondary N) is 1. The zero-order valence-corrected chi connectivity index (χ0v) is 17.3. The van der Waals surface area contributed by atoms with E-state index in [0.717, 1.165) is 11.2 Å². The van der Waals surface area contributed by atoms with Crippen molar-refractivity contribution < 1.29 is 0 Å². The molecular weight excluding hydrogens is 366 g/mol. The SMILES string of the molecule is CC1(C)C(=CC=Nc2ccccc2)Nc2ccccc21.c1ccc2ncccc2c1. The van der Waals surface area contributed by atoms with E-state index < -0.39 is 0 Å². The van der Waals surface area contributed by atoms with E-state index in [4.69, 9.17) is 0 Å². The Hall–Kier alpha value is -3.72. The molecule has 1 N–H and O–H groups in total. The molecule has 5 rings (SSSR count). The van der Waals surface area contributed by atoms with Gasteiger partial charge in [-0.1, -0.05) is 74.5 Å². The van der Waals surface area contributed by atoms with Crippen molar-refractivity contribution in [2.45, 2.75) is 19.3 Å². The molecule has 30 heavy (non-hydrogen) atoms. The summed E-state index contributed by atoms with van der Waals surface area (Å²) in [6, 6.07) is 30.5. The maximum atomic E-state index is 4.46. The average Bonchev–Trinajstić information content (AvgIpc) is 3.05. The largest absolute Gasteiger partial charge is 0.358 e. The lowest BCUT2D eigenvalue weighted by molar-refractivity contribution is 0.655. The average molecular weight is 392 g/mol. The minimum Gasteiger partial charge on any atom is -0.358 e. The predicted molar refractivity (Wildman–Crippen MR) is 128 cm³/mol. The van der Waals surface area contributed by atoms with Gasteiger partial charge in [-0.25, -0.2) is 0 Å². The van der Waals surface area contributed by atoms with E-state index in [1.165, 1.54) is 22.3 Å². The third kappa shape index (κ3) is 4.31. The highest BCUT2D eigenvalue weighted by molar-refractivity contribution is 5.80. The number of nitrogens with zero attached hydrogens (tertiary/aromatic N) is 2. The summed E-state index contributed by atoms with van der Waals surface area (Å²) in [6.07, 6.45) is 5.74. The molecule has 4 aromatic rings. The van der Waals surface area contributed by atoms with Gasteiger partial charge in [-0.3, -0.25) is 9.98 Å². The summed E-state index contributed by atoms with van der Waals surface area (Å²) < 4.78 is 0. The van der Waals surface area contributed by atoms with Gasteiger partial charge in [0.05, 0.1) is 11.2 Å². The van der Waals surface area contributed by atoms with E-state index in [1.807, 2.05) is 67.0 Å². The predicted octanol–water partition coefficient (Wildman–Crippen LogP) is 6.91. The lowest BCUT2D eigenvalue weighted by Crippen LogP contribution is -2.17. The van der Waals surface area contributed by atoms with Crippen LogP contribution in [0.5, 0.6) is 0 Å². The van der Waals surface area contributed by atoms with E-state index in [-0.39, 0.29) is 5.41 Å². The monoisotopic (exact) mass is 391 g/mol. The Morgan fingerprint density at radius 3 is 2.30 bits per heavy atom. The molecule has 0 saturated heterocycles. The van der Waals surface area contributed by atoms with Crippen molar-refractivity contribution in [1.29, 1.82) is 0 Å². The highest BCUT2D eigenvalue weighted by atomic mass is 15.0. The van der Waals surface area contributed by atoms with E-state index in [1.54, 1.807) is 0 Å². The van der Waals surface area contributed by atoms with Crippen molar-refractivity contribution >= 4 is 28.5 Å². The van der Waals surface area contributed by atoms with Crippen molar-refractivity contribution in [3.8, 4) is 0 Å². The Morgan fingerprint density at radius 1 is 0.800 bits per heavy atom. The second-order valence-electron chi connectivity index (χ2n) is 7.69. The van der Waals surface area contributed by atoms with Gasteiger partial charge in [0, 0.05) is 34.6 Å². The summed E-state index contributed by atoms with van der Waals surface area (Å²) in [6.45, 7) is 4.46. The number of pyridine rings is 1. The molecule has 2 heterocycles. The van der Waals surface area contributed by atoms with Crippen LogP contribution in [-0.4, -0.2) is 11.2 Å². The van der Waals surface area contributed by atoms with Crippen LogP contribution in [0.1, 0.15) is 19.4 Å². The Morgan fingerprint density at radius 2 is 1.50 bits per heavy atom. The third-order valence-corrected chi connectivity index (χ3v) is 5.28. The molecule has 148 valence electrons. The molecule has 0 saturated carbocycles. The van der Waals surface area contributed by atoms with E-state index >= 15 is 0 Å². The summed E-state index contributed by atoms with van der Waals surface area (Å²) in [5.74, 6) is 0. The van der Waals surface area contributed by atoms with Gasteiger partial charge in [0.2, 0.25) is 0 Å². The van der Waals surface area contributed by atoms with Crippen LogP contribution in [0.4, 0.5) is 11.4 Å². The molecule has 1 aromatic heterocycles. The highest BCUT2D eigenvalue weighted by Crippen LogP contribution is 2.42. The lowest BCUT2D eigenvalue weighted by atomic mass is 9.84. The van der Waals surface area contributed by atoms with E-state index in [0.29, 0.717) is 0 Å². The molecule has 3 nitrogen and oxygen atoms in total. The first-order valence-electron chi connectivity index (χ1n) is 10.1. The Kier molecular flexibility index (Phi) is 5.71. The number of rotatable bonds is 2. The van der Waals surface area contributed by atoms with Gasteiger partial charge >= 0.3 is 0 Å². The topological polar surface area (TPSA) is 37.3 Å². The van der Waals surface area contributed by atoms with Gasteiger partial charge in [0.1, 0.15) is 0 Å². The van der Waals surface area contributed by atoms with Crippen molar-refractivity contribution in [3.63, 3.8) is 0 Å². The number of hydrogen-bond donors (Lipinski definition) is 1. The number of allylic oxidation sites excluding steroid dienone is 2. The maximum absolute atomic E-state index is 4.46. The lowest BCUT2D eigenvalue weighted by Gasteiger charge is -2.19. The van der Waals surface area contributed by atoms with Gasteiger partial charge in [0.25, 0.3) is 0 Å². The summed E-state index contributed by atoms with van der Waals surface area (Å²) in [4.78, 5) is 8.64. The molecule has 0 amide bonds. The summed E-state index contributed by atoms with van der Waals surface area (Å²) >= 11 is 0. The first-order chi connectivity index (χ1) is 14.6. The van der Waals surface area contributed by atoms with Crippen LogP contribution in [0.3, 0.4) is 0 Å². The van der Waals surface area contributed by atoms with Crippen molar-refractivity contribution in [2.24, 2.45) is 4.99 Å². The zero-order valence-electron chi connectivity index (χ0n) is 17.3. The van der Waals surface area contributed by atoms with Crippen LogP contribution in [0, 0.1) is 0 Å². The summed E-state index contributed by atoms with van der Waals surface area (Å²) in [5.41, 5.74) is 5.73. The molecule has 1 aliphatic rings. The standard InChI is InChI=1S/C18H18N2.C9H7N/c1-18(2)15-10-6-7-11-16(15)20-17(18)12-13-19-14-8-4-3-5-9-14;1-2-6-9-8(4-1)5-3-7-10-9/h3-13,20H,1-2H3;1-7H. The third-order valence-electron chi connectivity index (χ3n) is 5.28. The number of aromatic nitrogens is 1. The van der Waals surface area contributed by atoms with Crippen LogP contribution < -0.4 is 5.32 Å². The van der Waals surface area contributed by atoms with Gasteiger partial charge in [-0.2, -0.15) is 0 Å². The molecule has 0 atom stereocenters. The second-order valence-corrected chi connectivity index (χ2v) is 7.69. The molecule has 0 spiro atoms. The number of anilines is 1.